The summed E-state index contributed by atoms with van der Waals surface area (Å²) in [5.41, 5.74) is 1.20. The van der Waals surface area contributed by atoms with Gasteiger partial charge in [0.2, 0.25) is 0 Å². The minimum atomic E-state index is 0.00222. The molecule has 4 nitrogen and oxygen atoms in total. The van der Waals surface area contributed by atoms with Crippen LogP contribution < -0.4 is 5.32 Å². The first-order valence-electron chi connectivity index (χ1n) is 7.36. The molecule has 1 aromatic carbocycles. The predicted molar refractivity (Wildman–Crippen MR) is 79.4 cm³/mol. The summed E-state index contributed by atoms with van der Waals surface area (Å²) in [6.45, 7) is 5.14. The molecule has 2 amide bonds. The second-order valence-electron chi connectivity index (χ2n) is 5.70. The summed E-state index contributed by atoms with van der Waals surface area (Å²) in [6.07, 6.45) is 1.53. The molecule has 0 aliphatic carbocycles. The van der Waals surface area contributed by atoms with E-state index in [2.05, 4.69) is 24.4 Å². The number of benzene rings is 1. The van der Waals surface area contributed by atoms with E-state index in [1.165, 1.54) is 5.56 Å². The molecule has 3 unspecified atom stereocenters. The zero-order chi connectivity index (χ0) is 14.5. The second-order valence-corrected chi connectivity index (χ2v) is 5.70. The van der Waals surface area contributed by atoms with Crippen LogP contribution in [0.3, 0.4) is 0 Å². The van der Waals surface area contributed by atoms with Crippen LogP contribution in [0, 0.1) is 5.92 Å². The lowest BCUT2D eigenvalue weighted by molar-refractivity contribution is 0.0576. The van der Waals surface area contributed by atoms with Gasteiger partial charge in [-0.1, -0.05) is 37.3 Å². The van der Waals surface area contributed by atoms with Crippen LogP contribution in [0.1, 0.15) is 38.3 Å². The average Bonchev–Trinajstić information content (AvgIpc) is 2.43. The van der Waals surface area contributed by atoms with Crippen LogP contribution in [0.2, 0.25) is 0 Å². The molecule has 0 radical (unpaired) electrons. The Balaban J connectivity index is 1.93. The first-order chi connectivity index (χ1) is 9.63. The Labute approximate surface area is 120 Å². The molecule has 1 aromatic rings. The van der Waals surface area contributed by atoms with E-state index in [0.717, 1.165) is 19.4 Å². The highest BCUT2D eigenvalue weighted by atomic mass is 16.3. The van der Waals surface area contributed by atoms with Crippen molar-refractivity contribution in [2.45, 2.75) is 38.8 Å². The van der Waals surface area contributed by atoms with Crippen LogP contribution in [-0.2, 0) is 0 Å². The number of hydrogen-bond acceptors (Lipinski definition) is 2. The van der Waals surface area contributed by atoms with Gasteiger partial charge in [0.25, 0.3) is 0 Å². The molecule has 0 saturated carbocycles. The van der Waals surface area contributed by atoms with Crippen LogP contribution in [0.15, 0.2) is 30.3 Å². The van der Waals surface area contributed by atoms with Crippen molar-refractivity contribution >= 4 is 6.03 Å². The van der Waals surface area contributed by atoms with Crippen LogP contribution in [-0.4, -0.2) is 35.2 Å². The molecule has 1 aliphatic rings. The number of likely N-dealkylation sites (tertiary alicyclic amines) is 1. The SMILES string of the molecule is CC(CCCO)NC(=O)N1CC(C)C1c1ccccc1. The number of urea groups is 1. The Morgan fingerprint density at radius 2 is 2.15 bits per heavy atom. The van der Waals surface area contributed by atoms with Crippen molar-refractivity contribution in [3.63, 3.8) is 0 Å². The quantitative estimate of drug-likeness (QED) is 0.868. The number of carbonyl (C=O) groups excluding carboxylic acids is 1. The standard InChI is InChI=1S/C16H24N2O2/c1-12-11-18(15(12)14-8-4-3-5-9-14)16(20)17-13(2)7-6-10-19/h3-5,8-9,12-13,15,19H,6-7,10-11H2,1-2H3,(H,17,20). The zero-order valence-corrected chi connectivity index (χ0v) is 12.2. The van der Waals surface area contributed by atoms with Gasteiger partial charge in [-0.3, -0.25) is 0 Å². The van der Waals surface area contributed by atoms with Gasteiger partial charge in [0.1, 0.15) is 0 Å². The Morgan fingerprint density at radius 3 is 2.75 bits per heavy atom. The maximum absolute atomic E-state index is 12.3. The predicted octanol–water partition coefficient (Wildman–Crippen LogP) is 2.55. The van der Waals surface area contributed by atoms with E-state index >= 15 is 0 Å². The number of carbonyl (C=O) groups is 1. The summed E-state index contributed by atoms with van der Waals surface area (Å²) < 4.78 is 0. The average molecular weight is 276 g/mol. The van der Waals surface area contributed by atoms with Crippen LogP contribution >= 0.6 is 0 Å². The van der Waals surface area contributed by atoms with E-state index in [1.54, 1.807) is 0 Å². The molecule has 0 spiro atoms. The molecule has 20 heavy (non-hydrogen) atoms. The number of aliphatic hydroxyl groups excluding tert-OH is 1. The van der Waals surface area contributed by atoms with Crippen molar-refractivity contribution in [3.8, 4) is 0 Å². The first-order valence-corrected chi connectivity index (χ1v) is 7.36. The highest BCUT2D eigenvalue weighted by Gasteiger charge is 2.40. The van der Waals surface area contributed by atoms with Crippen LogP contribution in [0.5, 0.6) is 0 Å². The van der Waals surface area contributed by atoms with Gasteiger partial charge >= 0.3 is 6.03 Å². The van der Waals surface area contributed by atoms with Crippen molar-refractivity contribution in [1.29, 1.82) is 0 Å². The minimum absolute atomic E-state index is 0.00222. The van der Waals surface area contributed by atoms with Crippen LogP contribution in [0.4, 0.5) is 4.79 Å². The summed E-state index contributed by atoms with van der Waals surface area (Å²) in [5, 5.41) is 11.8. The molecule has 1 heterocycles. The molecule has 1 aliphatic heterocycles. The van der Waals surface area contributed by atoms with Gasteiger partial charge in [0.15, 0.2) is 0 Å². The van der Waals surface area contributed by atoms with E-state index in [-0.39, 0.29) is 24.7 Å². The molecular formula is C16H24N2O2. The number of amides is 2. The van der Waals surface area contributed by atoms with Crippen LogP contribution in [0.25, 0.3) is 0 Å². The highest BCUT2D eigenvalue weighted by Crippen LogP contribution is 2.38. The Hall–Kier alpha value is -1.55. The van der Waals surface area contributed by atoms with E-state index in [1.807, 2.05) is 30.0 Å². The molecule has 0 bridgehead atoms. The normalized spacial score (nSPS) is 23.1. The third-order valence-electron chi connectivity index (χ3n) is 3.93. The van der Waals surface area contributed by atoms with Crippen molar-refractivity contribution in [1.82, 2.24) is 10.2 Å². The topological polar surface area (TPSA) is 52.6 Å². The highest BCUT2D eigenvalue weighted by molar-refractivity contribution is 5.76. The van der Waals surface area contributed by atoms with E-state index in [9.17, 15) is 4.79 Å². The number of aliphatic hydroxyl groups is 1. The summed E-state index contributed by atoms with van der Waals surface area (Å²) in [7, 11) is 0. The van der Waals surface area contributed by atoms with Gasteiger partial charge in [-0.05, 0) is 31.2 Å². The van der Waals surface area contributed by atoms with Crippen molar-refractivity contribution in [2.75, 3.05) is 13.2 Å². The molecule has 3 atom stereocenters. The Bertz CT molecular complexity index is 435. The van der Waals surface area contributed by atoms with Crippen molar-refractivity contribution in [2.24, 2.45) is 5.92 Å². The molecule has 110 valence electrons. The molecule has 2 N–H and O–H groups in total. The lowest BCUT2D eigenvalue weighted by Gasteiger charge is -2.47. The summed E-state index contributed by atoms with van der Waals surface area (Å²) in [5.74, 6) is 0.496. The van der Waals surface area contributed by atoms with Gasteiger partial charge < -0.3 is 15.3 Å². The summed E-state index contributed by atoms with van der Waals surface area (Å²) in [4.78, 5) is 14.2. The Morgan fingerprint density at radius 1 is 1.45 bits per heavy atom. The molecule has 0 aromatic heterocycles. The maximum Gasteiger partial charge on any atom is 0.318 e. The van der Waals surface area contributed by atoms with E-state index < -0.39 is 0 Å². The fourth-order valence-electron chi connectivity index (χ4n) is 2.82. The smallest absolute Gasteiger partial charge is 0.318 e. The monoisotopic (exact) mass is 276 g/mol. The fraction of sp³-hybridized carbons (Fsp3) is 0.562. The van der Waals surface area contributed by atoms with Crippen molar-refractivity contribution in [3.05, 3.63) is 35.9 Å². The first kappa shape index (κ1) is 14.9. The van der Waals surface area contributed by atoms with Crippen molar-refractivity contribution < 1.29 is 9.90 Å². The zero-order valence-electron chi connectivity index (χ0n) is 12.2. The molecular weight excluding hydrogens is 252 g/mol. The van der Waals surface area contributed by atoms with E-state index in [4.69, 9.17) is 5.11 Å². The van der Waals surface area contributed by atoms with Gasteiger partial charge in [0, 0.05) is 19.2 Å². The Kier molecular flexibility index (Phi) is 5.01. The summed E-state index contributed by atoms with van der Waals surface area (Å²) in [6, 6.07) is 10.5. The minimum Gasteiger partial charge on any atom is -0.396 e. The number of nitrogens with zero attached hydrogens (tertiary/aromatic N) is 1. The maximum atomic E-state index is 12.3. The number of hydrogen-bond donors (Lipinski definition) is 2. The third kappa shape index (κ3) is 3.31. The van der Waals surface area contributed by atoms with Gasteiger partial charge in [-0.25, -0.2) is 4.79 Å². The molecule has 1 saturated heterocycles. The summed E-state index contributed by atoms with van der Waals surface area (Å²) >= 11 is 0. The van der Waals surface area contributed by atoms with Gasteiger partial charge in [0.05, 0.1) is 6.04 Å². The fourth-order valence-corrected chi connectivity index (χ4v) is 2.82. The third-order valence-corrected chi connectivity index (χ3v) is 3.93. The number of rotatable bonds is 5. The molecule has 2 rings (SSSR count). The van der Waals surface area contributed by atoms with E-state index in [0.29, 0.717) is 5.92 Å². The lowest BCUT2D eigenvalue weighted by atomic mass is 9.85. The largest absolute Gasteiger partial charge is 0.396 e. The molecule has 1 fully saturated rings. The second kappa shape index (κ2) is 6.75. The number of nitrogens with one attached hydrogen (secondary N) is 1. The molecule has 4 heteroatoms. The van der Waals surface area contributed by atoms with Gasteiger partial charge in [-0.15, -0.1) is 0 Å². The van der Waals surface area contributed by atoms with Gasteiger partial charge in [-0.2, -0.15) is 0 Å². The lowest BCUT2D eigenvalue weighted by Crippen LogP contribution is -2.56.